The number of halogens is 1. The Morgan fingerprint density at radius 2 is 1.78 bits per heavy atom. The maximum absolute atomic E-state index is 14.1. The molecule has 1 atom stereocenters. The van der Waals surface area contributed by atoms with Crippen molar-refractivity contribution >= 4 is 34.9 Å². The molecule has 0 aliphatic carbocycles. The number of H-pyrrole nitrogens is 1. The molecule has 0 bridgehead atoms. The van der Waals surface area contributed by atoms with Gasteiger partial charge >= 0.3 is 0 Å². The molecule has 7 heteroatoms. The second kappa shape index (κ2) is 12.5. The van der Waals surface area contributed by atoms with Gasteiger partial charge in [0.2, 0.25) is 0 Å². The van der Waals surface area contributed by atoms with Gasteiger partial charge in [-0.25, -0.2) is 4.39 Å². The molecule has 2 aromatic carbocycles. The zero-order chi connectivity index (χ0) is 26.2. The molecule has 4 N–H and O–H groups in total. The second-order valence-corrected chi connectivity index (χ2v) is 9.42. The van der Waals surface area contributed by atoms with Crippen molar-refractivity contribution in [3.05, 3.63) is 77.2 Å². The lowest BCUT2D eigenvalue weighted by atomic mass is 10.1. The van der Waals surface area contributed by atoms with Gasteiger partial charge in [-0.3, -0.25) is 4.79 Å². The Bertz CT molecular complexity index is 1220. The number of fused-ring (bicyclic) bond motifs is 1. The normalized spacial score (nSPS) is 14.1. The Balaban J connectivity index is 1.46. The van der Waals surface area contributed by atoms with Gasteiger partial charge in [0.1, 0.15) is 17.8 Å². The third kappa shape index (κ3) is 6.34. The summed E-state index contributed by atoms with van der Waals surface area (Å²) in [4.78, 5) is 19.0. The molecule has 1 amide bonds. The van der Waals surface area contributed by atoms with Gasteiger partial charge in [-0.05, 0) is 67.8 Å². The molecule has 1 aliphatic heterocycles. The fourth-order valence-electron chi connectivity index (χ4n) is 4.68. The van der Waals surface area contributed by atoms with Gasteiger partial charge in [-0.1, -0.05) is 45.7 Å². The van der Waals surface area contributed by atoms with E-state index in [0.29, 0.717) is 11.3 Å². The van der Waals surface area contributed by atoms with E-state index in [9.17, 15) is 9.18 Å². The molecule has 0 radical (unpaired) electrons. The molecule has 3 aromatic rings. The molecule has 4 rings (SSSR count). The summed E-state index contributed by atoms with van der Waals surface area (Å²) in [7, 11) is 0. The number of rotatable bonds is 12. The van der Waals surface area contributed by atoms with Crippen LogP contribution in [0.3, 0.4) is 0 Å². The largest absolute Gasteiger partial charge is 0.372 e. The van der Waals surface area contributed by atoms with Gasteiger partial charge in [0, 0.05) is 35.6 Å². The first-order valence-electron chi connectivity index (χ1n) is 13.4. The van der Waals surface area contributed by atoms with Crippen LogP contribution >= 0.6 is 0 Å². The minimum absolute atomic E-state index is 0.143. The molecule has 1 aliphatic rings. The molecule has 37 heavy (non-hydrogen) atoms. The van der Waals surface area contributed by atoms with Crippen LogP contribution in [0.1, 0.15) is 68.1 Å². The minimum atomic E-state index is -0.304. The Labute approximate surface area is 219 Å². The highest BCUT2D eigenvalue weighted by Crippen LogP contribution is 2.34. The summed E-state index contributed by atoms with van der Waals surface area (Å²) in [5.74, 6) is 0.346. The number of amides is 1. The smallest absolute Gasteiger partial charge is 0.255 e. The fraction of sp³-hybridized carbons (Fsp3) is 0.367. The van der Waals surface area contributed by atoms with Crippen molar-refractivity contribution in [2.45, 2.75) is 59.0 Å². The number of carbonyl (C=O) groups is 1. The van der Waals surface area contributed by atoms with Crippen molar-refractivity contribution in [3.63, 3.8) is 0 Å². The van der Waals surface area contributed by atoms with Gasteiger partial charge in [0.25, 0.3) is 5.91 Å². The molecule has 2 heterocycles. The second-order valence-electron chi connectivity index (χ2n) is 9.42. The van der Waals surface area contributed by atoms with Crippen molar-refractivity contribution in [2.24, 2.45) is 0 Å². The maximum Gasteiger partial charge on any atom is 0.255 e. The molecule has 196 valence electrons. The number of nitrogens with one attached hydrogen (secondary N) is 4. The first-order valence-corrected chi connectivity index (χ1v) is 13.4. The monoisotopic (exact) mass is 503 g/mol. The SMILES string of the molecule is CCCCCN(CCC)c1ccc(C(=O)Nc2c(CC)[nH]c3c2C=CC(Nc2ccccc2F)N3)cc1. The van der Waals surface area contributed by atoms with E-state index in [-0.39, 0.29) is 17.9 Å². The van der Waals surface area contributed by atoms with Gasteiger partial charge in [-0.15, -0.1) is 0 Å². The topological polar surface area (TPSA) is 72.2 Å². The predicted octanol–water partition coefficient (Wildman–Crippen LogP) is 7.25. The average molecular weight is 504 g/mol. The summed E-state index contributed by atoms with van der Waals surface area (Å²) in [5.41, 5.74) is 4.80. The van der Waals surface area contributed by atoms with Crippen molar-refractivity contribution in [2.75, 3.05) is 33.9 Å². The van der Waals surface area contributed by atoms with E-state index < -0.39 is 0 Å². The van der Waals surface area contributed by atoms with Crippen LogP contribution in [0.2, 0.25) is 0 Å². The van der Waals surface area contributed by atoms with E-state index in [0.717, 1.165) is 54.4 Å². The van der Waals surface area contributed by atoms with Gasteiger partial charge < -0.3 is 25.8 Å². The third-order valence-corrected chi connectivity index (χ3v) is 6.67. The quantitative estimate of drug-likeness (QED) is 0.196. The Kier molecular flexibility index (Phi) is 8.88. The van der Waals surface area contributed by atoms with Crippen LogP contribution in [0.25, 0.3) is 6.08 Å². The molecular weight excluding hydrogens is 465 g/mol. The number of hydrogen-bond donors (Lipinski definition) is 4. The van der Waals surface area contributed by atoms with E-state index >= 15 is 0 Å². The summed E-state index contributed by atoms with van der Waals surface area (Å²) in [6, 6.07) is 14.5. The van der Waals surface area contributed by atoms with E-state index in [1.807, 2.05) is 43.3 Å². The molecule has 0 saturated heterocycles. The highest BCUT2D eigenvalue weighted by atomic mass is 19.1. The molecule has 0 fully saturated rings. The molecule has 0 spiro atoms. The number of unbranched alkanes of at least 4 members (excludes halogenated alkanes) is 2. The number of aryl methyl sites for hydroxylation is 1. The van der Waals surface area contributed by atoms with Crippen LogP contribution in [0, 0.1) is 5.82 Å². The van der Waals surface area contributed by atoms with Crippen LogP contribution < -0.4 is 20.9 Å². The van der Waals surface area contributed by atoms with Crippen molar-refractivity contribution < 1.29 is 9.18 Å². The lowest BCUT2D eigenvalue weighted by molar-refractivity contribution is 0.102. The molecule has 1 unspecified atom stereocenters. The van der Waals surface area contributed by atoms with Crippen molar-refractivity contribution in [3.8, 4) is 0 Å². The number of aromatic amines is 1. The van der Waals surface area contributed by atoms with E-state index in [1.54, 1.807) is 18.2 Å². The number of benzene rings is 2. The van der Waals surface area contributed by atoms with Crippen LogP contribution in [-0.2, 0) is 6.42 Å². The highest BCUT2D eigenvalue weighted by molar-refractivity contribution is 6.06. The highest BCUT2D eigenvalue weighted by Gasteiger charge is 2.22. The Morgan fingerprint density at radius 3 is 2.49 bits per heavy atom. The summed E-state index contributed by atoms with van der Waals surface area (Å²) >= 11 is 0. The van der Waals surface area contributed by atoms with Crippen LogP contribution in [0.4, 0.5) is 27.3 Å². The zero-order valence-electron chi connectivity index (χ0n) is 22.0. The van der Waals surface area contributed by atoms with Gasteiger partial charge in [0.05, 0.1) is 11.4 Å². The third-order valence-electron chi connectivity index (χ3n) is 6.67. The number of hydrogen-bond acceptors (Lipinski definition) is 4. The lowest BCUT2D eigenvalue weighted by Crippen LogP contribution is -2.29. The average Bonchev–Trinajstić information content (AvgIpc) is 3.26. The number of para-hydroxylation sites is 1. The standard InChI is InChI=1S/C30H38FN5O/c1-4-7-10-20-36(19-5-2)22-15-13-21(14-16-22)30(37)35-28-23-17-18-27(34-29(23)33-25(28)6-3)32-26-12-9-8-11-24(26)31/h8-9,11-18,27,32-34H,4-7,10,19-20H2,1-3H3,(H,35,37). The Morgan fingerprint density at radius 1 is 1.00 bits per heavy atom. The number of anilines is 4. The summed E-state index contributed by atoms with van der Waals surface area (Å²) in [6.07, 6.45) is 9.02. The van der Waals surface area contributed by atoms with E-state index in [2.05, 4.69) is 39.7 Å². The molecule has 0 saturated carbocycles. The van der Waals surface area contributed by atoms with Crippen molar-refractivity contribution in [1.29, 1.82) is 0 Å². The number of carbonyl (C=O) groups excluding carboxylic acids is 1. The van der Waals surface area contributed by atoms with Crippen LogP contribution in [0.15, 0.2) is 54.6 Å². The molecule has 1 aromatic heterocycles. The van der Waals surface area contributed by atoms with E-state index in [1.165, 1.54) is 25.3 Å². The lowest BCUT2D eigenvalue weighted by Gasteiger charge is -2.24. The molecular formula is C30H38FN5O. The molecule has 6 nitrogen and oxygen atoms in total. The maximum atomic E-state index is 14.1. The summed E-state index contributed by atoms with van der Waals surface area (Å²) in [5, 5.41) is 9.63. The summed E-state index contributed by atoms with van der Waals surface area (Å²) < 4.78 is 14.1. The fourth-order valence-corrected chi connectivity index (χ4v) is 4.68. The minimum Gasteiger partial charge on any atom is -0.372 e. The van der Waals surface area contributed by atoms with Crippen LogP contribution in [0.5, 0.6) is 0 Å². The predicted molar refractivity (Wildman–Crippen MR) is 153 cm³/mol. The summed E-state index contributed by atoms with van der Waals surface area (Å²) in [6.45, 7) is 8.50. The van der Waals surface area contributed by atoms with Gasteiger partial charge in [0.15, 0.2) is 0 Å². The Hall–Kier alpha value is -3.74. The van der Waals surface area contributed by atoms with Gasteiger partial charge in [-0.2, -0.15) is 0 Å². The zero-order valence-corrected chi connectivity index (χ0v) is 22.0. The van der Waals surface area contributed by atoms with E-state index in [4.69, 9.17) is 0 Å². The number of nitrogens with zero attached hydrogens (tertiary/aromatic N) is 1. The number of aromatic nitrogens is 1. The first-order chi connectivity index (χ1) is 18.0. The van der Waals surface area contributed by atoms with Crippen LogP contribution in [-0.4, -0.2) is 30.1 Å². The van der Waals surface area contributed by atoms with Crippen molar-refractivity contribution in [1.82, 2.24) is 4.98 Å². The first kappa shape index (κ1) is 26.3.